The first-order valence-electron chi connectivity index (χ1n) is 11.6. The topological polar surface area (TPSA) is 96.0 Å². The van der Waals surface area contributed by atoms with E-state index in [0.717, 1.165) is 9.87 Å². The number of rotatable bonds is 11. The molecule has 0 aliphatic carbocycles. The van der Waals surface area contributed by atoms with Crippen LogP contribution in [0.1, 0.15) is 18.9 Å². The van der Waals surface area contributed by atoms with Crippen molar-refractivity contribution in [2.75, 3.05) is 25.0 Å². The fourth-order valence-corrected chi connectivity index (χ4v) is 5.28. The summed E-state index contributed by atoms with van der Waals surface area (Å²) in [6.45, 7) is 1.50. The monoisotopic (exact) mass is 509 g/mol. The molecular formula is C27H31N3O5S. The number of likely N-dealkylation sites (N-methyl/N-ethyl adjacent to an activating group) is 1. The number of nitrogens with one attached hydrogen (secondary N) is 1. The van der Waals surface area contributed by atoms with Crippen LogP contribution in [0.25, 0.3) is 0 Å². The van der Waals surface area contributed by atoms with Gasteiger partial charge in [-0.05, 0) is 48.4 Å². The summed E-state index contributed by atoms with van der Waals surface area (Å²) >= 11 is 0. The minimum absolute atomic E-state index is 0.0212. The Labute approximate surface area is 212 Å². The van der Waals surface area contributed by atoms with Gasteiger partial charge in [-0.15, -0.1) is 0 Å². The summed E-state index contributed by atoms with van der Waals surface area (Å²) in [5.41, 5.74) is 1.17. The van der Waals surface area contributed by atoms with Gasteiger partial charge in [0.05, 0.1) is 17.7 Å². The highest BCUT2D eigenvalue weighted by Crippen LogP contribution is 2.26. The van der Waals surface area contributed by atoms with Crippen LogP contribution < -0.4 is 14.4 Å². The van der Waals surface area contributed by atoms with Crippen molar-refractivity contribution in [2.24, 2.45) is 0 Å². The lowest BCUT2D eigenvalue weighted by Crippen LogP contribution is -2.51. The zero-order valence-corrected chi connectivity index (χ0v) is 21.4. The summed E-state index contributed by atoms with van der Waals surface area (Å²) in [5, 5.41) is 2.61. The van der Waals surface area contributed by atoms with Crippen LogP contribution in [0.5, 0.6) is 5.75 Å². The van der Waals surface area contributed by atoms with E-state index in [0.29, 0.717) is 17.9 Å². The molecule has 0 aromatic heterocycles. The Morgan fingerprint density at radius 2 is 1.50 bits per heavy atom. The van der Waals surface area contributed by atoms with Crippen LogP contribution in [0, 0.1) is 0 Å². The number of ether oxygens (including phenoxy) is 1. The van der Waals surface area contributed by atoms with E-state index in [9.17, 15) is 18.0 Å². The molecule has 36 heavy (non-hydrogen) atoms. The molecule has 0 fully saturated rings. The third-order valence-corrected chi connectivity index (χ3v) is 7.59. The van der Waals surface area contributed by atoms with Gasteiger partial charge in [-0.3, -0.25) is 13.9 Å². The zero-order valence-electron chi connectivity index (χ0n) is 20.6. The van der Waals surface area contributed by atoms with Crippen molar-refractivity contribution >= 4 is 27.5 Å². The zero-order chi connectivity index (χ0) is 26.1. The fourth-order valence-electron chi connectivity index (χ4n) is 3.86. The van der Waals surface area contributed by atoms with Crippen LogP contribution in [-0.4, -0.2) is 51.9 Å². The minimum Gasteiger partial charge on any atom is -0.497 e. The summed E-state index contributed by atoms with van der Waals surface area (Å²) < 4.78 is 33.6. The van der Waals surface area contributed by atoms with Crippen molar-refractivity contribution in [3.63, 3.8) is 0 Å². The number of anilines is 1. The van der Waals surface area contributed by atoms with E-state index >= 15 is 0 Å². The van der Waals surface area contributed by atoms with Gasteiger partial charge >= 0.3 is 0 Å². The third kappa shape index (κ3) is 6.23. The highest BCUT2D eigenvalue weighted by molar-refractivity contribution is 7.92. The summed E-state index contributed by atoms with van der Waals surface area (Å²) in [5.74, 6) is -0.289. The van der Waals surface area contributed by atoms with E-state index in [1.807, 2.05) is 37.3 Å². The third-order valence-electron chi connectivity index (χ3n) is 5.80. The summed E-state index contributed by atoms with van der Waals surface area (Å²) in [7, 11) is -1.10. The van der Waals surface area contributed by atoms with E-state index < -0.39 is 28.5 Å². The second-order valence-corrected chi connectivity index (χ2v) is 9.93. The lowest BCUT2D eigenvalue weighted by molar-refractivity contribution is -0.140. The van der Waals surface area contributed by atoms with Crippen molar-refractivity contribution in [1.82, 2.24) is 10.2 Å². The maximum Gasteiger partial charge on any atom is 0.264 e. The van der Waals surface area contributed by atoms with Crippen LogP contribution in [0.4, 0.5) is 5.69 Å². The van der Waals surface area contributed by atoms with Crippen LogP contribution >= 0.6 is 0 Å². The number of carbonyl (C=O) groups excluding carboxylic acids is 2. The molecule has 2 amide bonds. The van der Waals surface area contributed by atoms with Gasteiger partial charge in [-0.25, -0.2) is 8.42 Å². The maximum absolute atomic E-state index is 13.8. The molecule has 0 aliphatic rings. The van der Waals surface area contributed by atoms with Crippen LogP contribution in [0.2, 0.25) is 0 Å². The Balaban J connectivity index is 2.02. The lowest BCUT2D eigenvalue weighted by atomic mass is 10.1. The lowest BCUT2D eigenvalue weighted by Gasteiger charge is -2.33. The first kappa shape index (κ1) is 26.7. The predicted molar refractivity (Wildman–Crippen MR) is 139 cm³/mol. The summed E-state index contributed by atoms with van der Waals surface area (Å²) in [6.07, 6.45) is 0.370. The Bertz CT molecular complexity index is 1250. The average molecular weight is 510 g/mol. The number of hydrogen-bond donors (Lipinski definition) is 1. The van der Waals surface area contributed by atoms with Gasteiger partial charge in [0.25, 0.3) is 10.0 Å². The van der Waals surface area contributed by atoms with E-state index in [1.165, 1.54) is 31.2 Å². The van der Waals surface area contributed by atoms with E-state index in [1.54, 1.807) is 42.5 Å². The molecular weight excluding hydrogens is 478 g/mol. The highest BCUT2D eigenvalue weighted by atomic mass is 32.2. The molecule has 0 bridgehead atoms. The first-order valence-corrected chi connectivity index (χ1v) is 13.0. The van der Waals surface area contributed by atoms with Crippen molar-refractivity contribution in [3.05, 3.63) is 90.5 Å². The molecule has 9 heteroatoms. The number of amides is 2. The van der Waals surface area contributed by atoms with Gasteiger partial charge in [-0.1, -0.05) is 55.5 Å². The average Bonchev–Trinajstić information content (AvgIpc) is 2.92. The molecule has 0 radical (unpaired) electrons. The molecule has 8 nitrogen and oxygen atoms in total. The quantitative estimate of drug-likeness (QED) is 0.427. The van der Waals surface area contributed by atoms with Crippen molar-refractivity contribution in [2.45, 2.75) is 30.8 Å². The first-order chi connectivity index (χ1) is 17.3. The van der Waals surface area contributed by atoms with Gasteiger partial charge in [-0.2, -0.15) is 0 Å². The number of hydrogen-bond acceptors (Lipinski definition) is 5. The SMILES string of the molecule is CCC(C(=O)NC)N(Cc1ccccc1)C(=O)CN(c1ccccc1)S(=O)(=O)c1ccc(OC)cc1. The molecule has 1 atom stereocenters. The van der Waals surface area contributed by atoms with Gasteiger partial charge in [0, 0.05) is 13.6 Å². The molecule has 0 spiro atoms. The van der Waals surface area contributed by atoms with Crippen molar-refractivity contribution in [3.8, 4) is 5.75 Å². The van der Waals surface area contributed by atoms with Crippen molar-refractivity contribution in [1.29, 1.82) is 0 Å². The normalized spacial score (nSPS) is 11.9. The molecule has 0 saturated carbocycles. The van der Waals surface area contributed by atoms with Crippen LogP contribution in [0.15, 0.2) is 89.8 Å². The molecule has 3 aromatic rings. The molecule has 0 heterocycles. The smallest absolute Gasteiger partial charge is 0.264 e. The number of para-hydroxylation sites is 1. The van der Waals surface area contributed by atoms with E-state index in [4.69, 9.17) is 4.74 Å². The molecule has 1 unspecified atom stereocenters. The van der Waals surface area contributed by atoms with Gasteiger partial charge in [0.1, 0.15) is 18.3 Å². The summed E-state index contributed by atoms with van der Waals surface area (Å²) in [4.78, 5) is 27.9. The highest BCUT2D eigenvalue weighted by Gasteiger charge is 2.33. The number of carbonyl (C=O) groups is 2. The van der Waals surface area contributed by atoms with Crippen LogP contribution in [0.3, 0.4) is 0 Å². The van der Waals surface area contributed by atoms with Crippen molar-refractivity contribution < 1.29 is 22.7 Å². The molecule has 1 N–H and O–H groups in total. The Kier molecular flexibility index (Phi) is 9.08. The Hall–Kier alpha value is -3.85. The van der Waals surface area contributed by atoms with Gasteiger partial charge < -0.3 is 15.0 Å². The molecule has 3 rings (SSSR count). The van der Waals surface area contributed by atoms with Crippen LogP contribution in [-0.2, 0) is 26.2 Å². The number of benzene rings is 3. The Morgan fingerprint density at radius 3 is 2.03 bits per heavy atom. The maximum atomic E-state index is 13.8. The number of sulfonamides is 1. The Morgan fingerprint density at radius 1 is 0.917 bits per heavy atom. The molecule has 0 aliphatic heterocycles. The van der Waals surface area contributed by atoms with E-state index in [-0.39, 0.29) is 17.3 Å². The standard InChI is InChI=1S/C27H31N3O5S/c1-4-25(27(32)28-2)29(19-21-11-7-5-8-12-21)26(31)20-30(22-13-9-6-10-14-22)36(33,34)24-17-15-23(35-3)16-18-24/h5-18,25H,4,19-20H2,1-3H3,(H,28,32). The molecule has 0 saturated heterocycles. The summed E-state index contributed by atoms with van der Waals surface area (Å²) in [6, 6.07) is 23.0. The number of methoxy groups -OCH3 is 1. The number of nitrogens with zero attached hydrogens (tertiary/aromatic N) is 2. The second-order valence-electron chi connectivity index (χ2n) is 8.07. The van der Waals surface area contributed by atoms with Gasteiger partial charge in [0.15, 0.2) is 0 Å². The second kappa shape index (κ2) is 12.2. The van der Waals surface area contributed by atoms with Gasteiger partial charge in [0.2, 0.25) is 11.8 Å². The predicted octanol–water partition coefficient (Wildman–Crippen LogP) is 3.44. The minimum atomic E-state index is -4.11. The molecule has 3 aromatic carbocycles. The largest absolute Gasteiger partial charge is 0.497 e. The fraction of sp³-hybridized carbons (Fsp3) is 0.259. The molecule has 190 valence electrons. The van der Waals surface area contributed by atoms with E-state index in [2.05, 4.69) is 5.32 Å².